The third-order valence-corrected chi connectivity index (χ3v) is 3.85. The second-order valence-corrected chi connectivity index (χ2v) is 5.79. The van der Waals surface area contributed by atoms with Gasteiger partial charge in [-0.2, -0.15) is 4.39 Å². The summed E-state index contributed by atoms with van der Waals surface area (Å²) in [6.45, 7) is 4.23. The number of nitrogens with one attached hydrogen (secondary N) is 1. The van der Waals surface area contributed by atoms with Crippen LogP contribution >= 0.6 is 11.3 Å². The summed E-state index contributed by atoms with van der Waals surface area (Å²) in [5.74, 6) is -2.03. The smallest absolute Gasteiger partial charge is 0.307 e. The molecular formula is C13H12F2N2O2S. The van der Waals surface area contributed by atoms with Crippen LogP contribution < -0.4 is 5.32 Å². The Balaban J connectivity index is 2.23. The molecule has 0 aliphatic heterocycles. The van der Waals surface area contributed by atoms with Crippen LogP contribution in [0.25, 0.3) is 0 Å². The monoisotopic (exact) mass is 298 g/mol. The molecule has 4 nitrogen and oxygen atoms in total. The van der Waals surface area contributed by atoms with E-state index in [0.717, 1.165) is 21.4 Å². The minimum atomic E-state index is -1.18. The molecule has 106 valence electrons. The molecule has 0 atom stereocenters. The summed E-state index contributed by atoms with van der Waals surface area (Å²) >= 11 is 1.62. The first-order chi connectivity index (χ1) is 9.38. The molecule has 2 aromatic rings. The molecule has 0 amide bonds. The van der Waals surface area contributed by atoms with Crippen LogP contribution in [0.5, 0.6) is 0 Å². The van der Waals surface area contributed by atoms with E-state index in [-0.39, 0.29) is 5.69 Å². The summed E-state index contributed by atoms with van der Waals surface area (Å²) in [6, 6.07) is 3.36. The number of aryl methyl sites for hydroxylation is 2. The largest absolute Gasteiger partial charge is 0.378 e. The maximum atomic E-state index is 13.6. The van der Waals surface area contributed by atoms with Crippen LogP contribution in [0.15, 0.2) is 18.2 Å². The first kappa shape index (κ1) is 14.4. The van der Waals surface area contributed by atoms with Gasteiger partial charge in [-0.25, -0.2) is 4.39 Å². The second-order valence-electron chi connectivity index (χ2n) is 4.33. The fourth-order valence-electron chi connectivity index (χ4n) is 1.86. The summed E-state index contributed by atoms with van der Waals surface area (Å²) in [5.41, 5.74) is 0.160. The van der Waals surface area contributed by atoms with Crippen molar-refractivity contribution in [1.82, 2.24) is 0 Å². The van der Waals surface area contributed by atoms with Crippen LogP contribution in [0.1, 0.15) is 15.3 Å². The maximum absolute atomic E-state index is 13.6. The van der Waals surface area contributed by atoms with Crippen LogP contribution in [0, 0.1) is 35.6 Å². The van der Waals surface area contributed by atoms with Gasteiger partial charge >= 0.3 is 5.69 Å². The highest BCUT2D eigenvalue weighted by Crippen LogP contribution is 2.27. The number of nitrogens with zero attached hydrogens (tertiary/aromatic N) is 1. The van der Waals surface area contributed by atoms with Crippen molar-refractivity contribution in [2.45, 2.75) is 20.4 Å². The van der Waals surface area contributed by atoms with E-state index in [1.54, 1.807) is 11.3 Å². The topological polar surface area (TPSA) is 55.2 Å². The molecule has 1 aromatic carbocycles. The molecule has 1 heterocycles. The SMILES string of the molecule is Cc1cc(CNc2cc([N+](=O)[O-])c(F)cc2F)c(C)s1. The van der Waals surface area contributed by atoms with E-state index in [1.807, 2.05) is 19.9 Å². The number of nitro benzene ring substituents is 1. The van der Waals surface area contributed by atoms with Crippen molar-refractivity contribution in [3.63, 3.8) is 0 Å². The summed E-state index contributed by atoms with van der Waals surface area (Å²) < 4.78 is 26.8. The van der Waals surface area contributed by atoms with Crippen molar-refractivity contribution >= 4 is 22.7 Å². The molecule has 0 saturated heterocycles. The zero-order valence-electron chi connectivity index (χ0n) is 10.9. The number of anilines is 1. The predicted molar refractivity (Wildman–Crippen MR) is 74.1 cm³/mol. The number of rotatable bonds is 4. The summed E-state index contributed by atoms with van der Waals surface area (Å²) in [7, 11) is 0. The lowest BCUT2D eigenvalue weighted by Crippen LogP contribution is -2.04. The number of halogens is 2. The van der Waals surface area contributed by atoms with Crippen molar-refractivity contribution in [3.05, 3.63) is 55.3 Å². The Hall–Kier alpha value is -2.02. The maximum Gasteiger partial charge on any atom is 0.307 e. The lowest BCUT2D eigenvalue weighted by Gasteiger charge is -2.07. The molecule has 0 aliphatic carbocycles. The van der Waals surface area contributed by atoms with Gasteiger partial charge in [0, 0.05) is 28.4 Å². The normalized spacial score (nSPS) is 10.6. The van der Waals surface area contributed by atoms with E-state index >= 15 is 0 Å². The Kier molecular flexibility index (Phi) is 3.99. The Morgan fingerprint density at radius 3 is 2.50 bits per heavy atom. The third kappa shape index (κ3) is 2.93. The van der Waals surface area contributed by atoms with Gasteiger partial charge < -0.3 is 5.32 Å². The number of nitro groups is 1. The van der Waals surface area contributed by atoms with E-state index in [9.17, 15) is 18.9 Å². The molecule has 0 spiro atoms. The zero-order chi connectivity index (χ0) is 14.9. The van der Waals surface area contributed by atoms with Crippen LogP contribution in [-0.2, 0) is 6.54 Å². The van der Waals surface area contributed by atoms with Crippen LogP contribution in [0.4, 0.5) is 20.2 Å². The van der Waals surface area contributed by atoms with E-state index in [0.29, 0.717) is 12.6 Å². The predicted octanol–water partition coefficient (Wildman–Crippen LogP) is 4.16. The fourth-order valence-corrected chi connectivity index (χ4v) is 2.81. The molecule has 1 aromatic heterocycles. The number of thiophene rings is 1. The number of hydrogen-bond acceptors (Lipinski definition) is 4. The third-order valence-electron chi connectivity index (χ3n) is 2.85. The Morgan fingerprint density at radius 2 is 1.95 bits per heavy atom. The van der Waals surface area contributed by atoms with Crippen molar-refractivity contribution in [2.24, 2.45) is 0 Å². The van der Waals surface area contributed by atoms with Crippen LogP contribution in [0.3, 0.4) is 0 Å². The van der Waals surface area contributed by atoms with Crippen molar-refractivity contribution in [2.75, 3.05) is 5.32 Å². The lowest BCUT2D eigenvalue weighted by molar-refractivity contribution is -0.387. The lowest BCUT2D eigenvalue weighted by atomic mass is 10.2. The number of hydrogen-bond donors (Lipinski definition) is 1. The molecule has 0 unspecified atom stereocenters. The Labute approximate surface area is 118 Å². The van der Waals surface area contributed by atoms with E-state index in [4.69, 9.17) is 0 Å². The second kappa shape index (κ2) is 5.54. The minimum Gasteiger partial charge on any atom is -0.378 e. The first-order valence-corrected chi connectivity index (χ1v) is 6.63. The van der Waals surface area contributed by atoms with Crippen LogP contribution in [-0.4, -0.2) is 4.92 Å². The standard InChI is InChI=1S/C13H12F2N2O2S/c1-7-3-9(8(2)20-7)6-16-12-5-13(17(18)19)11(15)4-10(12)14/h3-5,16H,6H2,1-2H3. The highest BCUT2D eigenvalue weighted by molar-refractivity contribution is 7.12. The molecule has 1 N–H and O–H groups in total. The first-order valence-electron chi connectivity index (χ1n) is 5.81. The molecule has 0 saturated carbocycles. The average Bonchev–Trinajstić information content (AvgIpc) is 2.66. The molecular weight excluding hydrogens is 286 g/mol. The highest BCUT2D eigenvalue weighted by atomic mass is 32.1. The zero-order valence-corrected chi connectivity index (χ0v) is 11.7. The Morgan fingerprint density at radius 1 is 1.25 bits per heavy atom. The van der Waals surface area contributed by atoms with Crippen molar-refractivity contribution in [1.29, 1.82) is 0 Å². The van der Waals surface area contributed by atoms with E-state index < -0.39 is 22.2 Å². The quantitative estimate of drug-likeness (QED) is 0.681. The van der Waals surface area contributed by atoms with Gasteiger partial charge in [-0.3, -0.25) is 10.1 Å². The van der Waals surface area contributed by atoms with Gasteiger partial charge in [-0.1, -0.05) is 0 Å². The van der Waals surface area contributed by atoms with Crippen molar-refractivity contribution < 1.29 is 13.7 Å². The highest BCUT2D eigenvalue weighted by Gasteiger charge is 2.18. The van der Waals surface area contributed by atoms with Gasteiger partial charge in [0.05, 0.1) is 10.6 Å². The van der Waals surface area contributed by atoms with Gasteiger partial charge in [0.15, 0.2) is 0 Å². The van der Waals surface area contributed by atoms with Gasteiger partial charge in [0.2, 0.25) is 5.82 Å². The van der Waals surface area contributed by atoms with Gasteiger partial charge in [-0.15, -0.1) is 11.3 Å². The van der Waals surface area contributed by atoms with Crippen molar-refractivity contribution in [3.8, 4) is 0 Å². The molecule has 0 aliphatic rings. The summed E-state index contributed by atoms with van der Waals surface area (Å²) in [4.78, 5) is 12.0. The molecule has 0 bridgehead atoms. The van der Waals surface area contributed by atoms with Gasteiger partial charge in [0.1, 0.15) is 5.82 Å². The van der Waals surface area contributed by atoms with E-state index in [2.05, 4.69) is 5.32 Å². The summed E-state index contributed by atoms with van der Waals surface area (Å²) in [5, 5.41) is 13.4. The summed E-state index contributed by atoms with van der Waals surface area (Å²) in [6.07, 6.45) is 0. The molecule has 7 heteroatoms. The minimum absolute atomic E-state index is 0.0821. The van der Waals surface area contributed by atoms with E-state index in [1.165, 1.54) is 0 Å². The fraction of sp³-hybridized carbons (Fsp3) is 0.231. The molecule has 2 rings (SSSR count). The molecule has 20 heavy (non-hydrogen) atoms. The average molecular weight is 298 g/mol. The Bertz CT molecular complexity index is 671. The number of benzene rings is 1. The molecule has 0 fully saturated rings. The van der Waals surface area contributed by atoms with Crippen LogP contribution in [0.2, 0.25) is 0 Å². The molecule has 0 radical (unpaired) electrons. The van der Waals surface area contributed by atoms with Gasteiger partial charge in [0.25, 0.3) is 0 Å². The van der Waals surface area contributed by atoms with Gasteiger partial charge in [-0.05, 0) is 25.5 Å².